The molecule has 1 heterocycles. The summed E-state index contributed by atoms with van der Waals surface area (Å²) in [7, 11) is 2.03. The van der Waals surface area contributed by atoms with Crippen LogP contribution in [0.4, 0.5) is 11.4 Å². The molecule has 2 nitrogen and oxygen atoms in total. The molecule has 3 heteroatoms. The standard InChI is InChI=1S/C14H15ClN2/c1-11-3-5-13(6-4-11)17(2)14-10-16-8-7-12(14)9-15/h3-8,10H,9H2,1-2H3. The molecule has 0 radical (unpaired) electrons. The molecule has 0 aliphatic carbocycles. The summed E-state index contributed by atoms with van der Waals surface area (Å²) in [6, 6.07) is 10.3. The Morgan fingerprint density at radius 3 is 2.53 bits per heavy atom. The summed E-state index contributed by atoms with van der Waals surface area (Å²) in [5, 5.41) is 0. The molecule has 0 aliphatic heterocycles. The van der Waals surface area contributed by atoms with E-state index in [0.29, 0.717) is 5.88 Å². The zero-order valence-corrected chi connectivity index (χ0v) is 10.8. The predicted molar refractivity (Wildman–Crippen MR) is 73.0 cm³/mol. The third-order valence-corrected chi connectivity index (χ3v) is 3.10. The molecule has 0 aliphatic rings. The summed E-state index contributed by atoms with van der Waals surface area (Å²) in [4.78, 5) is 6.26. The molecule has 0 fully saturated rings. The monoisotopic (exact) mass is 246 g/mol. The summed E-state index contributed by atoms with van der Waals surface area (Å²) in [5.74, 6) is 0.494. The van der Waals surface area contributed by atoms with Crippen LogP contribution >= 0.6 is 11.6 Å². The minimum absolute atomic E-state index is 0.494. The largest absolute Gasteiger partial charge is 0.343 e. The van der Waals surface area contributed by atoms with Crippen molar-refractivity contribution in [2.75, 3.05) is 11.9 Å². The van der Waals surface area contributed by atoms with E-state index in [2.05, 4.69) is 41.1 Å². The molecular weight excluding hydrogens is 232 g/mol. The van der Waals surface area contributed by atoms with Crippen molar-refractivity contribution in [3.63, 3.8) is 0 Å². The minimum Gasteiger partial charge on any atom is -0.343 e. The lowest BCUT2D eigenvalue weighted by molar-refractivity contribution is 1.14. The van der Waals surface area contributed by atoms with Crippen molar-refractivity contribution in [2.24, 2.45) is 0 Å². The molecule has 88 valence electrons. The Morgan fingerprint density at radius 1 is 1.18 bits per heavy atom. The first-order chi connectivity index (χ1) is 8.22. The fourth-order valence-electron chi connectivity index (χ4n) is 1.74. The van der Waals surface area contributed by atoms with E-state index >= 15 is 0 Å². The first-order valence-corrected chi connectivity index (χ1v) is 6.05. The van der Waals surface area contributed by atoms with Crippen LogP contribution in [-0.2, 0) is 5.88 Å². The number of rotatable bonds is 3. The molecule has 0 atom stereocenters. The maximum absolute atomic E-state index is 5.93. The molecule has 2 aromatic rings. The highest BCUT2D eigenvalue weighted by Gasteiger charge is 2.08. The Morgan fingerprint density at radius 2 is 1.88 bits per heavy atom. The van der Waals surface area contributed by atoms with Crippen LogP contribution in [0, 0.1) is 6.92 Å². The number of aromatic nitrogens is 1. The van der Waals surface area contributed by atoms with Crippen LogP contribution < -0.4 is 4.90 Å². The zero-order chi connectivity index (χ0) is 12.3. The number of halogens is 1. The van der Waals surface area contributed by atoms with Gasteiger partial charge in [0, 0.05) is 24.8 Å². The molecule has 17 heavy (non-hydrogen) atoms. The van der Waals surface area contributed by atoms with Gasteiger partial charge < -0.3 is 4.90 Å². The quantitative estimate of drug-likeness (QED) is 0.764. The van der Waals surface area contributed by atoms with Crippen molar-refractivity contribution in [1.82, 2.24) is 4.98 Å². The number of alkyl halides is 1. The lowest BCUT2D eigenvalue weighted by Gasteiger charge is -2.21. The number of hydrogen-bond donors (Lipinski definition) is 0. The fraction of sp³-hybridized carbons (Fsp3) is 0.214. The predicted octanol–water partition coefficient (Wildman–Crippen LogP) is 3.90. The molecule has 0 bridgehead atoms. The van der Waals surface area contributed by atoms with Gasteiger partial charge in [0.05, 0.1) is 11.9 Å². The van der Waals surface area contributed by atoms with E-state index in [1.165, 1.54) is 5.56 Å². The summed E-state index contributed by atoms with van der Waals surface area (Å²) < 4.78 is 0. The van der Waals surface area contributed by atoms with Crippen molar-refractivity contribution in [2.45, 2.75) is 12.8 Å². The van der Waals surface area contributed by atoms with E-state index in [4.69, 9.17) is 11.6 Å². The van der Waals surface area contributed by atoms with Gasteiger partial charge in [-0.3, -0.25) is 4.98 Å². The van der Waals surface area contributed by atoms with Crippen molar-refractivity contribution in [3.8, 4) is 0 Å². The van der Waals surface area contributed by atoms with Gasteiger partial charge in [-0.1, -0.05) is 17.7 Å². The molecule has 0 spiro atoms. The van der Waals surface area contributed by atoms with Crippen molar-refractivity contribution >= 4 is 23.0 Å². The Labute approximate surface area is 107 Å². The van der Waals surface area contributed by atoms with E-state index < -0.39 is 0 Å². The Kier molecular flexibility index (Phi) is 3.64. The van der Waals surface area contributed by atoms with Crippen LogP contribution in [0.1, 0.15) is 11.1 Å². The second-order valence-electron chi connectivity index (χ2n) is 4.03. The SMILES string of the molecule is Cc1ccc(N(C)c2cnccc2CCl)cc1. The van der Waals surface area contributed by atoms with Gasteiger partial charge in [0.25, 0.3) is 0 Å². The first-order valence-electron chi connectivity index (χ1n) is 5.51. The van der Waals surface area contributed by atoms with E-state index in [0.717, 1.165) is 16.9 Å². The highest BCUT2D eigenvalue weighted by Crippen LogP contribution is 2.27. The molecule has 0 amide bonds. The highest BCUT2D eigenvalue weighted by molar-refractivity contribution is 6.17. The van der Waals surface area contributed by atoms with Gasteiger partial charge in [0.1, 0.15) is 0 Å². The molecule has 1 aromatic carbocycles. The molecule has 0 saturated carbocycles. The maximum atomic E-state index is 5.93. The van der Waals surface area contributed by atoms with Gasteiger partial charge in [0.2, 0.25) is 0 Å². The lowest BCUT2D eigenvalue weighted by Crippen LogP contribution is -2.11. The van der Waals surface area contributed by atoms with Gasteiger partial charge in [-0.05, 0) is 30.7 Å². The fourth-order valence-corrected chi connectivity index (χ4v) is 1.96. The lowest BCUT2D eigenvalue weighted by atomic mass is 10.2. The Bertz CT molecular complexity index is 494. The first kappa shape index (κ1) is 11.9. The number of anilines is 2. The van der Waals surface area contributed by atoms with E-state index in [-0.39, 0.29) is 0 Å². The average Bonchev–Trinajstić information content (AvgIpc) is 2.39. The van der Waals surface area contributed by atoms with Crippen molar-refractivity contribution < 1.29 is 0 Å². The summed E-state index contributed by atoms with van der Waals surface area (Å²) in [6.45, 7) is 2.08. The molecule has 0 N–H and O–H groups in total. The number of benzene rings is 1. The second-order valence-corrected chi connectivity index (χ2v) is 4.30. The summed E-state index contributed by atoms with van der Waals surface area (Å²) in [5.41, 5.74) is 4.52. The van der Waals surface area contributed by atoms with Gasteiger partial charge in [-0.15, -0.1) is 11.6 Å². The molecule has 1 aromatic heterocycles. The van der Waals surface area contributed by atoms with Crippen molar-refractivity contribution in [3.05, 3.63) is 53.9 Å². The smallest absolute Gasteiger partial charge is 0.0639 e. The molecule has 2 rings (SSSR count). The second kappa shape index (κ2) is 5.19. The minimum atomic E-state index is 0.494. The van der Waals surface area contributed by atoms with Crippen LogP contribution in [0.15, 0.2) is 42.7 Å². The molecule has 0 unspecified atom stereocenters. The van der Waals surface area contributed by atoms with Crippen LogP contribution in [0.3, 0.4) is 0 Å². The van der Waals surface area contributed by atoms with Crippen LogP contribution in [0.5, 0.6) is 0 Å². The average molecular weight is 247 g/mol. The van der Waals surface area contributed by atoms with Gasteiger partial charge in [-0.2, -0.15) is 0 Å². The third kappa shape index (κ3) is 2.59. The maximum Gasteiger partial charge on any atom is 0.0639 e. The van der Waals surface area contributed by atoms with Gasteiger partial charge >= 0.3 is 0 Å². The van der Waals surface area contributed by atoms with E-state index in [9.17, 15) is 0 Å². The molecule has 0 saturated heterocycles. The number of hydrogen-bond acceptors (Lipinski definition) is 2. The van der Waals surface area contributed by atoms with Crippen LogP contribution in [0.25, 0.3) is 0 Å². The van der Waals surface area contributed by atoms with Gasteiger partial charge in [0.15, 0.2) is 0 Å². The third-order valence-electron chi connectivity index (χ3n) is 2.81. The topological polar surface area (TPSA) is 16.1 Å². The Hall–Kier alpha value is -1.54. The number of aryl methyl sites for hydroxylation is 1. The van der Waals surface area contributed by atoms with Crippen LogP contribution in [-0.4, -0.2) is 12.0 Å². The number of nitrogens with zero attached hydrogens (tertiary/aromatic N) is 2. The summed E-state index contributed by atoms with van der Waals surface area (Å²) >= 11 is 5.93. The number of pyridine rings is 1. The van der Waals surface area contributed by atoms with E-state index in [1.54, 1.807) is 6.20 Å². The van der Waals surface area contributed by atoms with E-state index in [1.807, 2.05) is 19.3 Å². The zero-order valence-electron chi connectivity index (χ0n) is 10.0. The van der Waals surface area contributed by atoms with Crippen LogP contribution in [0.2, 0.25) is 0 Å². The van der Waals surface area contributed by atoms with Crippen molar-refractivity contribution in [1.29, 1.82) is 0 Å². The highest BCUT2D eigenvalue weighted by atomic mass is 35.5. The summed E-state index contributed by atoms with van der Waals surface area (Å²) in [6.07, 6.45) is 3.61. The molecular formula is C14H15ClN2. The Balaban J connectivity index is 2.36. The normalized spacial score (nSPS) is 10.3. The van der Waals surface area contributed by atoms with Gasteiger partial charge in [-0.25, -0.2) is 0 Å².